The lowest BCUT2D eigenvalue weighted by Gasteiger charge is -2.27. The van der Waals surface area contributed by atoms with Crippen molar-refractivity contribution in [2.75, 3.05) is 27.3 Å². The summed E-state index contributed by atoms with van der Waals surface area (Å²) in [5.41, 5.74) is 0.857. The van der Waals surface area contributed by atoms with Gasteiger partial charge in [0.15, 0.2) is 0 Å². The van der Waals surface area contributed by atoms with Crippen LogP contribution in [0.4, 0.5) is 4.79 Å². The van der Waals surface area contributed by atoms with Crippen molar-refractivity contribution in [3.05, 3.63) is 23.9 Å². The molecule has 0 radical (unpaired) electrons. The molecule has 1 aliphatic heterocycles. The normalized spacial score (nSPS) is 18.1. The number of carbonyl (C=O) groups excluding carboxylic acids is 1. The van der Waals surface area contributed by atoms with Gasteiger partial charge in [0.2, 0.25) is 5.88 Å². The fourth-order valence-corrected chi connectivity index (χ4v) is 2.39. The van der Waals surface area contributed by atoms with Crippen molar-refractivity contribution in [3.8, 4) is 5.88 Å². The highest BCUT2D eigenvalue weighted by Crippen LogP contribution is 2.14. The lowest BCUT2D eigenvalue weighted by Crippen LogP contribution is -2.42. The average molecular weight is 293 g/mol. The van der Waals surface area contributed by atoms with Crippen LogP contribution in [0.1, 0.15) is 24.8 Å². The molecule has 116 valence electrons. The summed E-state index contributed by atoms with van der Waals surface area (Å²) < 4.78 is 10.8. The van der Waals surface area contributed by atoms with E-state index in [1.807, 2.05) is 12.1 Å². The Labute approximate surface area is 125 Å². The van der Waals surface area contributed by atoms with E-state index in [2.05, 4.69) is 10.3 Å². The average Bonchev–Trinajstić information content (AvgIpc) is 2.53. The van der Waals surface area contributed by atoms with Gasteiger partial charge in [0.05, 0.1) is 13.2 Å². The molecule has 2 heterocycles. The van der Waals surface area contributed by atoms with Gasteiger partial charge in [-0.3, -0.25) is 0 Å². The Balaban J connectivity index is 1.80. The van der Waals surface area contributed by atoms with E-state index >= 15 is 0 Å². The van der Waals surface area contributed by atoms with Crippen LogP contribution in [0.25, 0.3) is 0 Å². The molecule has 1 atom stereocenters. The minimum atomic E-state index is -0.116. The summed E-state index contributed by atoms with van der Waals surface area (Å²) >= 11 is 0. The van der Waals surface area contributed by atoms with E-state index in [9.17, 15) is 4.79 Å². The van der Waals surface area contributed by atoms with E-state index in [-0.39, 0.29) is 12.1 Å². The molecule has 2 amide bonds. The van der Waals surface area contributed by atoms with Crippen LogP contribution in [0.2, 0.25) is 0 Å². The smallest absolute Gasteiger partial charge is 0.317 e. The van der Waals surface area contributed by atoms with Crippen molar-refractivity contribution in [3.63, 3.8) is 0 Å². The number of carbonyl (C=O) groups is 1. The van der Waals surface area contributed by atoms with Crippen molar-refractivity contribution < 1.29 is 14.3 Å². The summed E-state index contributed by atoms with van der Waals surface area (Å²) in [6.07, 6.45) is 5.13. The predicted molar refractivity (Wildman–Crippen MR) is 79.2 cm³/mol. The number of likely N-dealkylation sites (N-methyl/N-ethyl adjacent to an activating group) is 1. The Morgan fingerprint density at radius 2 is 2.43 bits per heavy atom. The van der Waals surface area contributed by atoms with Gasteiger partial charge in [-0.1, -0.05) is 6.07 Å². The van der Waals surface area contributed by atoms with E-state index in [1.54, 1.807) is 25.3 Å². The number of amides is 2. The highest BCUT2D eigenvalue weighted by molar-refractivity contribution is 5.73. The van der Waals surface area contributed by atoms with Gasteiger partial charge in [0.25, 0.3) is 0 Å². The van der Waals surface area contributed by atoms with Gasteiger partial charge in [-0.2, -0.15) is 0 Å². The van der Waals surface area contributed by atoms with Crippen molar-refractivity contribution in [1.82, 2.24) is 15.2 Å². The summed E-state index contributed by atoms with van der Waals surface area (Å²) in [4.78, 5) is 17.9. The van der Waals surface area contributed by atoms with Gasteiger partial charge >= 0.3 is 6.03 Å². The first-order chi connectivity index (χ1) is 10.2. The standard InChI is InChI=1S/C15H23N3O3/c1-18(11-13-7-3-4-9-21-13)15(19)17-10-12-6-5-8-16-14(12)20-2/h5-6,8,13H,3-4,7,9-11H2,1-2H3,(H,17,19). The first-order valence-electron chi connectivity index (χ1n) is 7.29. The van der Waals surface area contributed by atoms with Gasteiger partial charge in [0, 0.05) is 38.5 Å². The second kappa shape index (κ2) is 7.83. The van der Waals surface area contributed by atoms with Crippen LogP contribution < -0.4 is 10.1 Å². The maximum atomic E-state index is 12.1. The third-order valence-electron chi connectivity index (χ3n) is 3.57. The number of hydrogen-bond donors (Lipinski definition) is 1. The highest BCUT2D eigenvalue weighted by Gasteiger charge is 2.18. The molecular weight excluding hydrogens is 270 g/mol. The summed E-state index contributed by atoms with van der Waals surface area (Å²) in [7, 11) is 3.36. The third-order valence-corrected chi connectivity index (χ3v) is 3.57. The van der Waals surface area contributed by atoms with Crippen LogP contribution >= 0.6 is 0 Å². The van der Waals surface area contributed by atoms with E-state index in [1.165, 1.54) is 6.42 Å². The Bertz CT molecular complexity index is 461. The second-order valence-corrected chi connectivity index (χ2v) is 5.20. The monoisotopic (exact) mass is 293 g/mol. The topological polar surface area (TPSA) is 63.7 Å². The Morgan fingerprint density at radius 1 is 1.57 bits per heavy atom. The van der Waals surface area contributed by atoms with Crippen LogP contribution in [0.5, 0.6) is 5.88 Å². The first kappa shape index (κ1) is 15.6. The van der Waals surface area contributed by atoms with Crippen LogP contribution in [-0.4, -0.2) is 49.3 Å². The van der Waals surface area contributed by atoms with Crippen LogP contribution in [0, 0.1) is 0 Å². The second-order valence-electron chi connectivity index (χ2n) is 5.20. The molecule has 0 aliphatic carbocycles. The first-order valence-corrected chi connectivity index (χ1v) is 7.29. The molecule has 21 heavy (non-hydrogen) atoms. The zero-order valence-electron chi connectivity index (χ0n) is 12.7. The molecule has 0 spiro atoms. The van der Waals surface area contributed by atoms with Crippen LogP contribution in [-0.2, 0) is 11.3 Å². The molecular formula is C15H23N3O3. The summed E-state index contributed by atoms with van der Waals surface area (Å²) in [5, 5.41) is 2.87. The number of rotatable bonds is 5. The molecule has 1 N–H and O–H groups in total. The molecule has 0 saturated carbocycles. The number of methoxy groups -OCH3 is 1. The molecule has 0 aromatic carbocycles. The Morgan fingerprint density at radius 3 is 3.14 bits per heavy atom. The number of hydrogen-bond acceptors (Lipinski definition) is 4. The molecule has 0 bridgehead atoms. The fraction of sp³-hybridized carbons (Fsp3) is 0.600. The maximum absolute atomic E-state index is 12.1. The van der Waals surface area contributed by atoms with E-state index in [0.717, 1.165) is 25.0 Å². The number of nitrogens with one attached hydrogen (secondary N) is 1. The molecule has 2 rings (SSSR count). The molecule has 1 saturated heterocycles. The zero-order chi connectivity index (χ0) is 15.1. The molecule has 6 heteroatoms. The van der Waals surface area contributed by atoms with Crippen LogP contribution in [0.15, 0.2) is 18.3 Å². The van der Waals surface area contributed by atoms with E-state index < -0.39 is 0 Å². The molecule has 1 aromatic rings. The molecule has 1 unspecified atom stereocenters. The number of ether oxygens (including phenoxy) is 2. The number of aromatic nitrogens is 1. The summed E-state index contributed by atoms with van der Waals surface area (Å²) in [5.74, 6) is 0.538. The SMILES string of the molecule is COc1ncccc1CNC(=O)N(C)CC1CCCCO1. The lowest BCUT2D eigenvalue weighted by molar-refractivity contribution is 0.00385. The summed E-state index contributed by atoms with van der Waals surface area (Å²) in [6.45, 7) is 1.81. The number of urea groups is 1. The molecule has 1 aromatic heterocycles. The quantitative estimate of drug-likeness (QED) is 0.899. The lowest BCUT2D eigenvalue weighted by atomic mass is 10.1. The maximum Gasteiger partial charge on any atom is 0.317 e. The Hall–Kier alpha value is -1.82. The van der Waals surface area contributed by atoms with Crippen LogP contribution in [0.3, 0.4) is 0 Å². The molecule has 6 nitrogen and oxygen atoms in total. The van der Waals surface area contributed by atoms with Crippen molar-refractivity contribution in [2.24, 2.45) is 0 Å². The van der Waals surface area contributed by atoms with Crippen molar-refractivity contribution in [2.45, 2.75) is 31.9 Å². The zero-order valence-corrected chi connectivity index (χ0v) is 12.7. The highest BCUT2D eigenvalue weighted by atomic mass is 16.5. The Kier molecular flexibility index (Phi) is 5.80. The minimum absolute atomic E-state index is 0.116. The third kappa shape index (κ3) is 4.60. The van der Waals surface area contributed by atoms with E-state index in [4.69, 9.17) is 9.47 Å². The van der Waals surface area contributed by atoms with Crippen molar-refractivity contribution in [1.29, 1.82) is 0 Å². The minimum Gasteiger partial charge on any atom is -0.481 e. The van der Waals surface area contributed by atoms with E-state index in [0.29, 0.717) is 19.0 Å². The van der Waals surface area contributed by atoms with Crippen molar-refractivity contribution >= 4 is 6.03 Å². The van der Waals surface area contributed by atoms with Gasteiger partial charge in [0.1, 0.15) is 0 Å². The fourth-order valence-electron chi connectivity index (χ4n) is 2.39. The van der Waals surface area contributed by atoms with Gasteiger partial charge in [-0.05, 0) is 25.3 Å². The largest absolute Gasteiger partial charge is 0.481 e. The molecule has 1 fully saturated rings. The predicted octanol–water partition coefficient (Wildman–Crippen LogP) is 1.80. The number of pyridine rings is 1. The van der Waals surface area contributed by atoms with Gasteiger partial charge in [-0.15, -0.1) is 0 Å². The number of nitrogens with zero attached hydrogens (tertiary/aromatic N) is 2. The van der Waals surface area contributed by atoms with Gasteiger partial charge in [-0.25, -0.2) is 9.78 Å². The van der Waals surface area contributed by atoms with Gasteiger partial charge < -0.3 is 19.7 Å². The summed E-state index contributed by atoms with van der Waals surface area (Å²) in [6, 6.07) is 3.59. The molecule has 1 aliphatic rings.